The predicted molar refractivity (Wildman–Crippen MR) is 189 cm³/mol. The zero-order valence-electron chi connectivity index (χ0n) is 28.7. The molecule has 0 aliphatic carbocycles. The van der Waals surface area contributed by atoms with Gasteiger partial charge in [0.15, 0.2) is 5.82 Å². The third-order valence-corrected chi connectivity index (χ3v) is 8.61. The minimum atomic E-state index is -0.707. The first-order chi connectivity index (χ1) is 23.2. The Morgan fingerprint density at radius 2 is 1.42 bits per heavy atom. The average molecular weight is 649 g/mol. The van der Waals surface area contributed by atoms with Gasteiger partial charge in [-0.3, -0.25) is 9.59 Å². The van der Waals surface area contributed by atoms with Crippen molar-refractivity contribution in [1.82, 2.24) is 30.2 Å². The molecule has 1 atom stereocenters. The van der Waals surface area contributed by atoms with Crippen LogP contribution in [0, 0.1) is 0 Å². The molecule has 1 saturated heterocycles. The van der Waals surface area contributed by atoms with Crippen molar-refractivity contribution in [2.24, 2.45) is 0 Å². The van der Waals surface area contributed by atoms with E-state index in [2.05, 4.69) is 32.2 Å². The van der Waals surface area contributed by atoms with Gasteiger partial charge < -0.3 is 15.0 Å². The maximum Gasteiger partial charge on any atom is 0.255 e. The zero-order chi connectivity index (χ0) is 33.9. The van der Waals surface area contributed by atoms with Crippen LogP contribution < -0.4 is 10.1 Å². The first-order valence-electron chi connectivity index (χ1n) is 17.3. The van der Waals surface area contributed by atoms with Crippen LogP contribution in [0.15, 0.2) is 73.3 Å². The van der Waals surface area contributed by atoms with Gasteiger partial charge in [-0.2, -0.15) is 0 Å². The number of hydrogen-bond acceptors (Lipinski definition) is 7. The zero-order valence-corrected chi connectivity index (χ0v) is 28.7. The molecular weight excluding hydrogens is 600 g/mol. The summed E-state index contributed by atoms with van der Waals surface area (Å²) in [7, 11) is 0. The molecular formula is C39H48N6O3. The monoisotopic (exact) mass is 648 g/mol. The van der Waals surface area contributed by atoms with Crippen LogP contribution in [0.5, 0.6) is 5.75 Å². The van der Waals surface area contributed by atoms with Crippen molar-refractivity contribution in [3.63, 3.8) is 0 Å². The van der Waals surface area contributed by atoms with Gasteiger partial charge >= 0.3 is 0 Å². The fourth-order valence-electron chi connectivity index (χ4n) is 5.72. The highest BCUT2D eigenvalue weighted by Crippen LogP contribution is 2.24. The minimum absolute atomic E-state index is 0.0712. The van der Waals surface area contributed by atoms with Crippen LogP contribution in [0.25, 0.3) is 22.5 Å². The topological polar surface area (TPSA) is 110 Å². The van der Waals surface area contributed by atoms with Crippen molar-refractivity contribution in [3.05, 3.63) is 90.3 Å². The quantitative estimate of drug-likeness (QED) is 0.144. The Balaban J connectivity index is 1.21. The van der Waals surface area contributed by atoms with Gasteiger partial charge in [0, 0.05) is 60.8 Å². The molecule has 2 aromatic carbocycles. The third kappa shape index (κ3) is 9.46. The summed E-state index contributed by atoms with van der Waals surface area (Å²) in [5.41, 5.74) is 3.86. The number of benzene rings is 2. The average Bonchev–Trinajstić information content (AvgIpc) is 3.65. The summed E-state index contributed by atoms with van der Waals surface area (Å²) in [4.78, 5) is 46.6. The lowest BCUT2D eigenvalue weighted by atomic mass is 9.96. The summed E-state index contributed by atoms with van der Waals surface area (Å²) < 4.78 is 5.90. The molecule has 4 aromatic rings. The van der Waals surface area contributed by atoms with Crippen LogP contribution in [0.1, 0.15) is 94.4 Å². The third-order valence-electron chi connectivity index (χ3n) is 8.61. The molecule has 9 nitrogen and oxygen atoms in total. The highest BCUT2D eigenvalue weighted by atomic mass is 16.5. The van der Waals surface area contributed by atoms with Gasteiger partial charge in [-0.1, -0.05) is 89.8 Å². The Bertz CT molecular complexity index is 1610. The molecule has 1 fully saturated rings. The predicted octanol–water partition coefficient (Wildman–Crippen LogP) is 7.21. The van der Waals surface area contributed by atoms with Crippen LogP contribution in [0.2, 0.25) is 0 Å². The second-order valence-electron chi connectivity index (χ2n) is 13.6. The van der Waals surface area contributed by atoms with E-state index in [-0.39, 0.29) is 17.2 Å². The standard InChI is InChI=1S/C39H48N6O3/c1-5-6-7-8-11-22-48-33-18-16-29(17-19-33)31-24-40-35(41-25-31)30-14-12-28(13-15-30)23-34(37(47)45-20-9-10-21-45)44-36(46)32-26-42-38(43-27-32)39(2,3)4/h12-19,24-27,34H,5-11,20-23H2,1-4H3,(H,44,46). The van der Waals surface area contributed by atoms with E-state index in [0.29, 0.717) is 36.7 Å². The van der Waals surface area contributed by atoms with Crippen LogP contribution in [-0.4, -0.2) is 62.4 Å². The van der Waals surface area contributed by atoms with Crippen molar-refractivity contribution in [2.75, 3.05) is 19.7 Å². The second-order valence-corrected chi connectivity index (χ2v) is 13.6. The Kier molecular flexibility index (Phi) is 11.9. The summed E-state index contributed by atoms with van der Waals surface area (Å²) in [6.07, 6.45) is 15.1. The molecule has 0 bridgehead atoms. The molecule has 0 saturated carbocycles. The first kappa shape index (κ1) is 34.7. The SMILES string of the molecule is CCCCCCCOc1ccc(-c2cnc(-c3ccc(CC(NC(=O)c4cnc(C(C)(C)C)nc4)C(=O)N4CCCC4)cc3)nc2)cc1. The number of amides is 2. The van der Waals surface area contributed by atoms with E-state index in [1.807, 2.05) is 86.6 Å². The lowest BCUT2D eigenvalue weighted by Crippen LogP contribution is -2.49. The van der Waals surface area contributed by atoms with Gasteiger partial charge in [0.25, 0.3) is 5.91 Å². The molecule has 5 rings (SSSR count). The number of unbranched alkanes of at least 4 members (excludes halogenated alkanes) is 4. The maximum absolute atomic E-state index is 13.5. The summed E-state index contributed by atoms with van der Waals surface area (Å²) in [6.45, 7) is 10.4. The summed E-state index contributed by atoms with van der Waals surface area (Å²) in [5, 5.41) is 2.96. The van der Waals surface area contributed by atoms with Crippen LogP contribution in [0.4, 0.5) is 0 Å². The van der Waals surface area contributed by atoms with Crippen molar-refractivity contribution in [2.45, 2.75) is 90.5 Å². The van der Waals surface area contributed by atoms with E-state index in [1.165, 1.54) is 38.1 Å². The fraction of sp³-hybridized carbons (Fsp3) is 0.436. The molecule has 3 heterocycles. The summed E-state index contributed by atoms with van der Waals surface area (Å²) in [5.74, 6) is 1.71. The molecule has 0 radical (unpaired) electrons. The van der Waals surface area contributed by atoms with Gasteiger partial charge in [0.05, 0.1) is 12.2 Å². The minimum Gasteiger partial charge on any atom is -0.494 e. The summed E-state index contributed by atoms with van der Waals surface area (Å²) >= 11 is 0. The first-order valence-corrected chi connectivity index (χ1v) is 17.3. The molecule has 1 aliphatic heterocycles. The number of nitrogens with zero attached hydrogens (tertiary/aromatic N) is 5. The smallest absolute Gasteiger partial charge is 0.255 e. The van der Waals surface area contributed by atoms with Crippen LogP contribution >= 0.6 is 0 Å². The van der Waals surface area contributed by atoms with Gasteiger partial charge in [-0.05, 0) is 42.5 Å². The Labute approximate surface area is 284 Å². The lowest BCUT2D eigenvalue weighted by molar-refractivity contribution is -0.132. The summed E-state index contributed by atoms with van der Waals surface area (Å²) in [6, 6.07) is 15.2. The number of ether oxygens (including phenoxy) is 1. The largest absolute Gasteiger partial charge is 0.494 e. The van der Waals surface area contributed by atoms with Crippen LogP contribution in [0.3, 0.4) is 0 Å². The molecule has 0 spiro atoms. The Morgan fingerprint density at radius 1 is 0.792 bits per heavy atom. The fourth-order valence-corrected chi connectivity index (χ4v) is 5.72. The number of nitrogens with one attached hydrogen (secondary N) is 1. The number of likely N-dealkylation sites (tertiary alicyclic amines) is 1. The molecule has 252 valence electrons. The van der Waals surface area contributed by atoms with Crippen LogP contribution in [-0.2, 0) is 16.6 Å². The second kappa shape index (κ2) is 16.4. The maximum atomic E-state index is 13.5. The van der Waals surface area contributed by atoms with E-state index in [4.69, 9.17) is 4.74 Å². The molecule has 48 heavy (non-hydrogen) atoms. The Hall–Kier alpha value is -4.66. The molecule has 2 amide bonds. The van der Waals surface area contributed by atoms with E-state index in [0.717, 1.165) is 53.9 Å². The highest BCUT2D eigenvalue weighted by molar-refractivity contribution is 5.97. The van der Waals surface area contributed by atoms with Crippen molar-refractivity contribution < 1.29 is 14.3 Å². The van der Waals surface area contributed by atoms with E-state index < -0.39 is 6.04 Å². The lowest BCUT2D eigenvalue weighted by Gasteiger charge is -2.24. The molecule has 2 aromatic heterocycles. The van der Waals surface area contributed by atoms with E-state index in [9.17, 15) is 9.59 Å². The highest BCUT2D eigenvalue weighted by Gasteiger charge is 2.29. The Morgan fingerprint density at radius 3 is 2.04 bits per heavy atom. The normalized spacial score (nSPS) is 13.7. The molecule has 9 heteroatoms. The number of hydrogen-bond donors (Lipinski definition) is 1. The van der Waals surface area contributed by atoms with Crippen molar-refractivity contribution >= 4 is 11.8 Å². The number of carbonyl (C=O) groups is 2. The van der Waals surface area contributed by atoms with Crippen molar-refractivity contribution in [3.8, 4) is 28.3 Å². The van der Waals surface area contributed by atoms with Gasteiger partial charge in [0.1, 0.15) is 17.6 Å². The van der Waals surface area contributed by atoms with Gasteiger partial charge in [0.2, 0.25) is 5.91 Å². The van der Waals surface area contributed by atoms with E-state index >= 15 is 0 Å². The number of carbonyl (C=O) groups excluding carboxylic acids is 2. The van der Waals surface area contributed by atoms with Gasteiger partial charge in [-0.25, -0.2) is 19.9 Å². The molecule has 1 aliphatic rings. The number of aromatic nitrogens is 4. The van der Waals surface area contributed by atoms with Gasteiger partial charge in [-0.15, -0.1) is 0 Å². The number of rotatable bonds is 14. The van der Waals surface area contributed by atoms with Crippen molar-refractivity contribution in [1.29, 1.82) is 0 Å². The molecule has 1 unspecified atom stereocenters. The molecule has 1 N–H and O–H groups in total. The van der Waals surface area contributed by atoms with E-state index in [1.54, 1.807) is 0 Å².